The smallest absolute Gasteiger partial charge is 0.416 e. The van der Waals surface area contributed by atoms with Gasteiger partial charge in [-0.15, -0.1) is 0 Å². The van der Waals surface area contributed by atoms with Crippen LogP contribution in [0, 0.1) is 11.3 Å². The third-order valence-corrected chi connectivity index (χ3v) is 6.33. The molecule has 0 unspecified atom stereocenters. The van der Waals surface area contributed by atoms with Gasteiger partial charge in [0.15, 0.2) is 0 Å². The normalized spacial score (nSPS) is 18.2. The van der Waals surface area contributed by atoms with Crippen LogP contribution in [-0.2, 0) is 22.0 Å². The summed E-state index contributed by atoms with van der Waals surface area (Å²) in [4.78, 5) is 4.03. The highest BCUT2D eigenvalue weighted by atomic mass is 32.2. The Morgan fingerprint density at radius 3 is 2.62 bits per heavy atom. The fraction of sp³-hybridized carbons (Fsp3) is 0.368. The number of piperidine rings is 1. The molecule has 0 N–H and O–H groups in total. The minimum absolute atomic E-state index is 0.113. The molecule has 3 rings (SSSR count). The monoisotopic (exact) mass is 425 g/mol. The van der Waals surface area contributed by atoms with Gasteiger partial charge in [-0.2, -0.15) is 22.7 Å². The molecule has 0 saturated carbocycles. The van der Waals surface area contributed by atoms with Crippen LogP contribution in [0.5, 0.6) is 5.88 Å². The van der Waals surface area contributed by atoms with Crippen molar-refractivity contribution in [3.05, 3.63) is 59.3 Å². The standard InChI is InChI=1S/C19H18F3N3O3S/c20-19(21,22)16-5-3-14(4-6-16)13-29(26,27)25-9-1-2-17(12-25)28-18-10-15(11-23)7-8-24-18/h3-8,10,17H,1-2,9,12-13H2/t17-/m1/s1. The van der Waals surface area contributed by atoms with E-state index in [0.717, 1.165) is 12.1 Å². The van der Waals surface area contributed by atoms with Crippen molar-refractivity contribution in [2.75, 3.05) is 13.1 Å². The topological polar surface area (TPSA) is 83.3 Å². The van der Waals surface area contributed by atoms with Crippen LogP contribution in [0.2, 0.25) is 0 Å². The lowest BCUT2D eigenvalue weighted by Crippen LogP contribution is -2.44. The molecule has 1 aliphatic heterocycles. The molecule has 1 atom stereocenters. The Morgan fingerprint density at radius 1 is 1.24 bits per heavy atom. The molecule has 0 radical (unpaired) electrons. The lowest BCUT2D eigenvalue weighted by atomic mass is 10.1. The number of benzene rings is 1. The third kappa shape index (κ3) is 5.46. The summed E-state index contributed by atoms with van der Waals surface area (Å²) >= 11 is 0. The second-order valence-electron chi connectivity index (χ2n) is 6.69. The predicted molar refractivity (Wildman–Crippen MR) is 98.2 cm³/mol. The molecule has 1 saturated heterocycles. The van der Waals surface area contributed by atoms with Crippen LogP contribution < -0.4 is 4.74 Å². The number of pyridine rings is 1. The molecule has 10 heteroatoms. The second kappa shape index (κ2) is 8.39. The van der Waals surface area contributed by atoms with Gasteiger partial charge >= 0.3 is 6.18 Å². The van der Waals surface area contributed by atoms with Crippen LogP contribution in [0.3, 0.4) is 0 Å². The van der Waals surface area contributed by atoms with Crippen molar-refractivity contribution < 1.29 is 26.3 Å². The zero-order valence-electron chi connectivity index (χ0n) is 15.3. The van der Waals surface area contributed by atoms with Crippen molar-refractivity contribution in [2.24, 2.45) is 0 Å². The summed E-state index contributed by atoms with van der Waals surface area (Å²) in [7, 11) is -3.72. The summed E-state index contributed by atoms with van der Waals surface area (Å²) in [5.41, 5.74) is -0.154. The molecule has 154 valence electrons. The van der Waals surface area contributed by atoms with E-state index in [0.29, 0.717) is 24.9 Å². The van der Waals surface area contributed by atoms with Crippen molar-refractivity contribution in [2.45, 2.75) is 30.9 Å². The van der Waals surface area contributed by atoms with E-state index in [2.05, 4.69) is 4.98 Å². The Hall–Kier alpha value is -2.64. The molecule has 2 aromatic rings. The SMILES string of the molecule is N#Cc1ccnc(O[C@@H]2CCCN(S(=O)(=O)Cc3ccc(C(F)(F)F)cc3)C2)c1. The highest BCUT2D eigenvalue weighted by Gasteiger charge is 2.32. The van der Waals surface area contributed by atoms with Gasteiger partial charge in [-0.25, -0.2) is 13.4 Å². The Balaban J connectivity index is 1.66. The molecule has 2 heterocycles. The zero-order chi connectivity index (χ0) is 21.1. The van der Waals surface area contributed by atoms with Crippen LogP contribution in [0.4, 0.5) is 13.2 Å². The van der Waals surface area contributed by atoms with Gasteiger partial charge in [0.05, 0.1) is 29.5 Å². The number of nitrogens with zero attached hydrogens (tertiary/aromatic N) is 3. The summed E-state index contributed by atoms with van der Waals surface area (Å²) in [6, 6.07) is 9.10. The largest absolute Gasteiger partial charge is 0.473 e. The van der Waals surface area contributed by atoms with Gasteiger partial charge in [0.25, 0.3) is 0 Å². The zero-order valence-corrected chi connectivity index (χ0v) is 16.1. The van der Waals surface area contributed by atoms with Gasteiger partial charge in [0.1, 0.15) is 6.10 Å². The molecular formula is C19H18F3N3O3S. The van der Waals surface area contributed by atoms with Crippen molar-refractivity contribution in [3.8, 4) is 11.9 Å². The van der Waals surface area contributed by atoms with Crippen LogP contribution in [-0.4, -0.2) is 36.9 Å². The number of hydrogen-bond donors (Lipinski definition) is 0. The fourth-order valence-corrected chi connectivity index (χ4v) is 4.66. The maximum atomic E-state index is 12.7. The number of ether oxygens (including phenoxy) is 1. The lowest BCUT2D eigenvalue weighted by Gasteiger charge is -2.31. The molecule has 0 bridgehead atoms. The van der Waals surface area contributed by atoms with E-state index in [1.54, 1.807) is 0 Å². The van der Waals surface area contributed by atoms with Gasteiger partial charge in [0.2, 0.25) is 15.9 Å². The molecule has 1 fully saturated rings. The van der Waals surface area contributed by atoms with Crippen LogP contribution in [0.1, 0.15) is 29.5 Å². The van der Waals surface area contributed by atoms with Crippen LogP contribution in [0.25, 0.3) is 0 Å². The van der Waals surface area contributed by atoms with Crippen LogP contribution in [0.15, 0.2) is 42.6 Å². The van der Waals surface area contributed by atoms with E-state index >= 15 is 0 Å². The van der Waals surface area contributed by atoms with Crippen molar-refractivity contribution in [1.29, 1.82) is 5.26 Å². The Morgan fingerprint density at radius 2 is 1.97 bits per heavy atom. The quantitative estimate of drug-likeness (QED) is 0.734. The molecule has 0 spiro atoms. The van der Waals surface area contributed by atoms with Gasteiger partial charge in [-0.1, -0.05) is 12.1 Å². The lowest BCUT2D eigenvalue weighted by molar-refractivity contribution is -0.137. The maximum absolute atomic E-state index is 12.7. The predicted octanol–water partition coefficient (Wildman–Crippen LogP) is 3.35. The molecule has 0 aliphatic carbocycles. The summed E-state index contributed by atoms with van der Waals surface area (Å²) < 4.78 is 70.4. The van der Waals surface area contributed by atoms with Gasteiger partial charge < -0.3 is 4.74 Å². The minimum Gasteiger partial charge on any atom is -0.473 e. The molecule has 6 nitrogen and oxygen atoms in total. The van der Waals surface area contributed by atoms with E-state index in [1.807, 2.05) is 6.07 Å². The first-order valence-electron chi connectivity index (χ1n) is 8.84. The van der Waals surface area contributed by atoms with Gasteiger partial charge in [-0.05, 0) is 36.6 Å². The first-order chi connectivity index (χ1) is 13.7. The summed E-state index contributed by atoms with van der Waals surface area (Å²) in [5.74, 6) is -0.143. The van der Waals surface area contributed by atoms with E-state index in [9.17, 15) is 21.6 Å². The van der Waals surface area contributed by atoms with E-state index in [4.69, 9.17) is 10.00 Å². The highest BCUT2D eigenvalue weighted by Crippen LogP contribution is 2.29. The van der Waals surface area contributed by atoms with Crippen molar-refractivity contribution in [3.63, 3.8) is 0 Å². The highest BCUT2D eigenvalue weighted by molar-refractivity contribution is 7.88. The van der Waals surface area contributed by atoms with Crippen molar-refractivity contribution in [1.82, 2.24) is 9.29 Å². The summed E-state index contributed by atoms with van der Waals surface area (Å²) in [6.45, 7) is 0.427. The number of sulfonamides is 1. The number of rotatable bonds is 5. The molecule has 29 heavy (non-hydrogen) atoms. The average Bonchev–Trinajstić information content (AvgIpc) is 2.68. The number of halogens is 3. The average molecular weight is 425 g/mol. The van der Waals surface area contributed by atoms with Crippen molar-refractivity contribution >= 4 is 10.0 Å². The first kappa shape index (κ1) is 21.1. The Bertz CT molecular complexity index is 1000. The van der Waals surface area contributed by atoms with Crippen LogP contribution >= 0.6 is 0 Å². The Kier molecular flexibility index (Phi) is 6.10. The van der Waals surface area contributed by atoms with E-state index < -0.39 is 27.9 Å². The third-order valence-electron chi connectivity index (χ3n) is 4.52. The number of hydrogen-bond acceptors (Lipinski definition) is 5. The molecule has 1 aromatic heterocycles. The fourth-order valence-electron chi connectivity index (χ4n) is 3.06. The van der Waals surface area contributed by atoms with E-state index in [-0.39, 0.29) is 23.7 Å². The van der Waals surface area contributed by atoms with E-state index in [1.165, 1.54) is 34.8 Å². The molecule has 1 aromatic carbocycles. The first-order valence-corrected chi connectivity index (χ1v) is 10.4. The second-order valence-corrected chi connectivity index (χ2v) is 8.65. The summed E-state index contributed by atoms with van der Waals surface area (Å²) in [5, 5.41) is 8.94. The minimum atomic E-state index is -4.47. The summed E-state index contributed by atoms with van der Waals surface area (Å²) in [6.07, 6.45) is -2.24. The van der Waals surface area contributed by atoms with Gasteiger partial charge in [-0.3, -0.25) is 0 Å². The Labute approximate surface area is 166 Å². The number of alkyl halides is 3. The number of aromatic nitrogens is 1. The van der Waals surface area contributed by atoms with Gasteiger partial charge in [0, 0.05) is 18.8 Å². The molecule has 1 aliphatic rings. The molecular weight excluding hydrogens is 407 g/mol. The molecule has 0 amide bonds. The number of nitriles is 1. The maximum Gasteiger partial charge on any atom is 0.416 e.